The first-order chi connectivity index (χ1) is 11.2. The Labute approximate surface area is 135 Å². The van der Waals surface area contributed by atoms with Gasteiger partial charge in [0, 0.05) is 17.8 Å². The molecule has 1 saturated carbocycles. The van der Waals surface area contributed by atoms with Crippen LogP contribution in [0.3, 0.4) is 0 Å². The molecular weight excluding hydrogens is 290 g/mol. The van der Waals surface area contributed by atoms with Crippen LogP contribution >= 0.6 is 0 Å². The lowest BCUT2D eigenvalue weighted by Crippen LogP contribution is -2.34. The predicted molar refractivity (Wildman–Crippen MR) is 88.3 cm³/mol. The van der Waals surface area contributed by atoms with Crippen LogP contribution in [0.15, 0.2) is 42.5 Å². The summed E-state index contributed by atoms with van der Waals surface area (Å²) in [6.07, 6.45) is 2.42. The molecule has 1 aliphatic carbocycles. The van der Waals surface area contributed by atoms with Gasteiger partial charge in [0.2, 0.25) is 0 Å². The van der Waals surface area contributed by atoms with Crippen LogP contribution in [0.1, 0.15) is 18.4 Å². The van der Waals surface area contributed by atoms with Gasteiger partial charge >= 0.3 is 0 Å². The molecule has 1 heterocycles. The second kappa shape index (κ2) is 5.70. The Hall–Kier alpha value is -2.33. The second-order valence-corrected chi connectivity index (χ2v) is 6.33. The number of carbonyl (C=O) groups is 1. The molecule has 1 N–H and O–H groups in total. The van der Waals surface area contributed by atoms with Crippen LogP contribution in [0.5, 0.6) is 5.75 Å². The number of nitrogens with zero attached hydrogens (tertiary/aromatic N) is 1. The van der Waals surface area contributed by atoms with E-state index in [0.717, 1.165) is 28.9 Å². The van der Waals surface area contributed by atoms with Crippen LogP contribution in [0, 0.1) is 5.92 Å². The standard InChI is InChI=1S/C19H19NO3/c21-17-3-1-2-14(9-17)15-6-7-18-16(8-15)11-23-12-19(22)20(18)10-13-4-5-13/h1-3,6-9,13,21H,4-5,10-12H2. The van der Waals surface area contributed by atoms with Gasteiger partial charge in [-0.3, -0.25) is 4.79 Å². The number of phenols is 1. The van der Waals surface area contributed by atoms with Crippen LogP contribution in [-0.4, -0.2) is 24.2 Å². The van der Waals surface area contributed by atoms with E-state index >= 15 is 0 Å². The van der Waals surface area contributed by atoms with E-state index in [1.807, 2.05) is 29.2 Å². The van der Waals surface area contributed by atoms with E-state index in [4.69, 9.17) is 4.74 Å². The van der Waals surface area contributed by atoms with Gasteiger partial charge in [-0.2, -0.15) is 0 Å². The number of ether oxygens (including phenoxy) is 1. The minimum absolute atomic E-state index is 0.0424. The van der Waals surface area contributed by atoms with Gasteiger partial charge in [0.15, 0.2) is 0 Å². The Balaban J connectivity index is 1.72. The molecule has 2 aliphatic rings. The highest BCUT2D eigenvalue weighted by atomic mass is 16.5. The fourth-order valence-corrected chi connectivity index (χ4v) is 3.05. The molecule has 4 rings (SSSR count). The van der Waals surface area contributed by atoms with Gasteiger partial charge in [-0.15, -0.1) is 0 Å². The maximum atomic E-state index is 12.3. The number of hydrogen-bond donors (Lipinski definition) is 1. The molecule has 1 amide bonds. The van der Waals surface area contributed by atoms with Crippen molar-refractivity contribution in [2.24, 2.45) is 5.92 Å². The van der Waals surface area contributed by atoms with E-state index in [1.54, 1.807) is 12.1 Å². The molecule has 0 saturated heterocycles. The summed E-state index contributed by atoms with van der Waals surface area (Å²) in [6.45, 7) is 1.37. The number of hydrogen-bond acceptors (Lipinski definition) is 3. The molecule has 23 heavy (non-hydrogen) atoms. The third-order valence-electron chi connectivity index (χ3n) is 4.47. The highest BCUT2D eigenvalue weighted by molar-refractivity contribution is 5.96. The molecule has 4 nitrogen and oxygen atoms in total. The highest BCUT2D eigenvalue weighted by Gasteiger charge is 2.30. The molecule has 0 radical (unpaired) electrons. The van der Waals surface area contributed by atoms with Crippen molar-refractivity contribution in [3.05, 3.63) is 48.0 Å². The number of rotatable bonds is 3. The molecule has 2 aromatic rings. The molecular formula is C19H19NO3. The van der Waals surface area contributed by atoms with E-state index in [9.17, 15) is 9.90 Å². The summed E-state index contributed by atoms with van der Waals surface area (Å²) in [7, 11) is 0. The average molecular weight is 309 g/mol. The van der Waals surface area contributed by atoms with E-state index in [1.165, 1.54) is 12.8 Å². The van der Waals surface area contributed by atoms with E-state index in [0.29, 0.717) is 12.5 Å². The molecule has 0 bridgehead atoms. The average Bonchev–Trinajstić information content (AvgIpc) is 3.37. The lowest BCUT2D eigenvalue weighted by molar-refractivity contribution is -0.123. The first-order valence-corrected chi connectivity index (χ1v) is 8.01. The fraction of sp³-hybridized carbons (Fsp3) is 0.316. The lowest BCUT2D eigenvalue weighted by Gasteiger charge is -2.22. The zero-order valence-corrected chi connectivity index (χ0v) is 12.9. The number of aromatic hydroxyl groups is 1. The zero-order valence-electron chi connectivity index (χ0n) is 12.9. The summed E-state index contributed by atoms with van der Waals surface area (Å²) in [5.74, 6) is 0.927. The van der Waals surface area contributed by atoms with Gasteiger partial charge in [-0.1, -0.05) is 18.2 Å². The molecule has 4 heteroatoms. The van der Waals surface area contributed by atoms with Crippen LogP contribution in [-0.2, 0) is 16.1 Å². The second-order valence-electron chi connectivity index (χ2n) is 6.33. The minimum atomic E-state index is 0.0424. The number of fused-ring (bicyclic) bond motifs is 1. The highest BCUT2D eigenvalue weighted by Crippen LogP contribution is 2.35. The third kappa shape index (κ3) is 2.94. The van der Waals surface area contributed by atoms with Crippen LogP contribution in [0.4, 0.5) is 5.69 Å². The van der Waals surface area contributed by atoms with Crippen LogP contribution < -0.4 is 4.90 Å². The third-order valence-corrected chi connectivity index (χ3v) is 4.47. The smallest absolute Gasteiger partial charge is 0.253 e. The van der Waals surface area contributed by atoms with Gasteiger partial charge in [-0.05, 0) is 54.2 Å². The van der Waals surface area contributed by atoms with Crippen molar-refractivity contribution < 1.29 is 14.6 Å². The normalized spacial score (nSPS) is 17.7. The summed E-state index contributed by atoms with van der Waals surface area (Å²) in [5, 5.41) is 9.66. The first-order valence-electron chi connectivity index (χ1n) is 8.01. The molecule has 0 unspecified atom stereocenters. The summed E-state index contributed by atoms with van der Waals surface area (Å²) in [4.78, 5) is 14.2. The van der Waals surface area contributed by atoms with Crippen molar-refractivity contribution >= 4 is 11.6 Å². The molecule has 0 aromatic heterocycles. The van der Waals surface area contributed by atoms with Gasteiger partial charge in [0.05, 0.1) is 6.61 Å². The maximum Gasteiger partial charge on any atom is 0.253 e. The molecule has 2 aromatic carbocycles. The van der Waals surface area contributed by atoms with Crippen molar-refractivity contribution in [1.82, 2.24) is 0 Å². The first kappa shape index (κ1) is 14.3. The van der Waals surface area contributed by atoms with E-state index in [2.05, 4.69) is 6.07 Å². The van der Waals surface area contributed by atoms with Gasteiger partial charge in [0.1, 0.15) is 12.4 Å². The van der Waals surface area contributed by atoms with Crippen LogP contribution in [0.2, 0.25) is 0 Å². The SMILES string of the molecule is O=C1COCc2cc(-c3cccc(O)c3)ccc2N1CC1CC1. The molecule has 1 aliphatic heterocycles. The Morgan fingerprint density at radius 3 is 2.70 bits per heavy atom. The minimum Gasteiger partial charge on any atom is -0.508 e. The van der Waals surface area contributed by atoms with Gasteiger partial charge < -0.3 is 14.7 Å². The molecule has 0 spiro atoms. The summed E-state index contributed by atoms with van der Waals surface area (Å²) < 4.78 is 5.54. The Morgan fingerprint density at radius 2 is 1.91 bits per heavy atom. The number of amides is 1. The van der Waals surface area contributed by atoms with Crippen molar-refractivity contribution in [3.63, 3.8) is 0 Å². The van der Waals surface area contributed by atoms with E-state index in [-0.39, 0.29) is 18.3 Å². The molecule has 118 valence electrons. The Morgan fingerprint density at radius 1 is 1.09 bits per heavy atom. The Bertz CT molecular complexity index is 752. The van der Waals surface area contributed by atoms with Crippen molar-refractivity contribution in [1.29, 1.82) is 0 Å². The lowest BCUT2D eigenvalue weighted by atomic mass is 10.0. The number of benzene rings is 2. The van der Waals surface area contributed by atoms with E-state index < -0.39 is 0 Å². The largest absolute Gasteiger partial charge is 0.508 e. The summed E-state index contributed by atoms with van der Waals surface area (Å²) >= 11 is 0. The van der Waals surface area contributed by atoms with Crippen molar-refractivity contribution in [2.45, 2.75) is 19.4 Å². The van der Waals surface area contributed by atoms with Crippen molar-refractivity contribution in [3.8, 4) is 16.9 Å². The topological polar surface area (TPSA) is 49.8 Å². The zero-order chi connectivity index (χ0) is 15.8. The predicted octanol–water partition coefficient (Wildman–Crippen LogP) is 3.33. The van der Waals surface area contributed by atoms with Gasteiger partial charge in [-0.25, -0.2) is 0 Å². The quantitative estimate of drug-likeness (QED) is 0.946. The monoisotopic (exact) mass is 309 g/mol. The molecule has 0 atom stereocenters. The molecule has 1 fully saturated rings. The number of anilines is 1. The van der Waals surface area contributed by atoms with Gasteiger partial charge in [0.25, 0.3) is 5.91 Å². The number of phenolic OH excluding ortho intramolecular Hbond substituents is 1. The van der Waals surface area contributed by atoms with Crippen LogP contribution in [0.25, 0.3) is 11.1 Å². The summed E-state index contributed by atoms with van der Waals surface area (Å²) in [6, 6.07) is 13.3. The van der Waals surface area contributed by atoms with Crippen molar-refractivity contribution in [2.75, 3.05) is 18.1 Å². The fourth-order valence-electron chi connectivity index (χ4n) is 3.05. The summed E-state index contributed by atoms with van der Waals surface area (Å²) in [5.41, 5.74) is 3.96. The number of carbonyl (C=O) groups excluding carboxylic acids is 1. The Kier molecular flexibility index (Phi) is 3.54. The maximum absolute atomic E-state index is 12.3.